The number of carbonyl (C=O) groups excluding carboxylic acids is 1. The number of hydrogen-bond donors (Lipinski definition) is 1. The summed E-state index contributed by atoms with van der Waals surface area (Å²) in [6, 6.07) is 3.59. The van der Waals surface area contributed by atoms with Crippen LogP contribution < -0.4 is 5.32 Å². The summed E-state index contributed by atoms with van der Waals surface area (Å²) in [7, 11) is 0. The maximum absolute atomic E-state index is 13.6. The van der Waals surface area contributed by atoms with Crippen LogP contribution in [0.2, 0.25) is 0 Å². The second kappa shape index (κ2) is 7.68. The molecule has 0 aliphatic rings. The molecule has 1 amide bonds. The Morgan fingerprint density at radius 2 is 2.05 bits per heavy atom. The minimum atomic E-state index is -0.708. The largest absolute Gasteiger partial charge is 0.441 e. The van der Waals surface area contributed by atoms with Gasteiger partial charge in [0.25, 0.3) is 0 Å². The SMILES string of the molecule is CCCCNC(=O)CCc1ncc(-c2c(F)cccc2F)o1. The summed E-state index contributed by atoms with van der Waals surface area (Å²) < 4.78 is 32.6. The maximum Gasteiger partial charge on any atom is 0.220 e. The predicted molar refractivity (Wildman–Crippen MR) is 78.1 cm³/mol. The van der Waals surface area contributed by atoms with Crippen LogP contribution in [-0.4, -0.2) is 17.4 Å². The number of amides is 1. The lowest BCUT2D eigenvalue weighted by Crippen LogP contribution is -2.24. The molecule has 22 heavy (non-hydrogen) atoms. The monoisotopic (exact) mass is 308 g/mol. The molecule has 0 aliphatic carbocycles. The van der Waals surface area contributed by atoms with Crippen LogP contribution in [0.5, 0.6) is 0 Å². The van der Waals surface area contributed by atoms with E-state index in [9.17, 15) is 13.6 Å². The van der Waals surface area contributed by atoms with Crippen molar-refractivity contribution >= 4 is 5.91 Å². The number of nitrogens with one attached hydrogen (secondary N) is 1. The zero-order valence-corrected chi connectivity index (χ0v) is 12.4. The van der Waals surface area contributed by atoms with E-state index in [1.165, 1.54) is 12.3 Å². The molecule has 1 N–H and O–H groups in total. The Labute approximate surface area is 127 Å². The molecule has 0 unspecified atom stereocenters. The first kappa shape index (κ1) is 16.1. The average Bonchev–Trinajstić information content (AvgIpc) is 2.94. The number of aryl methyl sites for hydroxylation is 1. The third-order valence-corrected chi connectivity index (χ3v) is 3.18. The van der Waals surface area contributed by atoms with Gasteiger partial charge in [-0.1, -0.05) is 19.4 Å². The van der Waals surface area contributed by atoms with Gasteiger partial charge in [-0.3, -0.25) is 4.79 Å². The zero-order valence-electron chi connectivity index (χ0n) is 12.4. The van der Waals surface area contributed by atoms with E-state index < -0.39 is 11.6 Å². The number of oxazole rings is 1. The van der Waals surface area contributed by atoms with Crippen molar-refractivity contribution in [1.82, 2.24) is 10.3 Å². The first-order valence-electron chi connectivity index (χ1n) is 7.27. The van der Waals surface area contributed by atoms with Crippen LogP contribution in [-0.2, 0) is 11.2 Å². The zero-order chi connectivity index (χ0) is 15.9. The van der Waals surface area contributed by atoms with E-state index in [1.54, 1.807) is 0 Å². The Hall–Kier alpha value is -2.24. The second-order valence-corrected chi connectivity index (χ2v) is 4.92. The van der Waals surface area contributed by atoms with Crippen molar-refractivity contribution in [3.8, 4) is 11.3 Å². The first-order valence-corrected chi connectivity index (χ1v) is 7.27. The van der Waals surface area contributed by atoms with Crippen molar-refractivity contribution in [3.63, 3.8) is 0 Å². The topological polar surface area (TPSA) is 55.1 Å². The molecular weight excluding hydrogens is 290 g/mol. The smallest absolute Gasteiger partial charge is 0.220 e. The van der Waals surface area contributed by atoms with Gasteiger partial charge < -0.3 is 9.73 Å². The number of aromatic nitrogens is 1. The summed E-state index contributed by atoms with van der Waals surface area (Å²) in [4.78, 5) is 15.5. The van der Waals surface area contributed by atoms with E-state index in [4.69, 9.17) is 4.42 Å². The van der Waals surface area contributed by atoms with Gasteiger partial charge in [-0.25, -0.2) is 13.8 Å². The number of rotatable bonds is 7. The van der Waals surface area contributed by atoms with Gasteiger partial charge in [0.1, 0.15) is 11.6 Å². The van der Waals surface area contributed by atoms with E-state index in [1.807, 2.05) is 6.92 Å². The number of nitrogens with zero attached hydrogens (tertiary/aromatic N) is 1. The number of unbranched alkanes of at least 4 members (excludes halogenated alkanes) is 1. The van der Waals surface area contributed by atoms with Crippen LogP contribution in [0.4, 0.5) is 8.78 Å². The lowest BCUT2D eigenvalue weighted by molar-refractivity contribution is -0.121. The highest BCUT2D eigenvalue weighted by Crippen LogP contribution is 2.26. The van der Waals surface area contributed by atoms with Crippen molar-refractivity contribution in [3.05, 3.63) is 41.9 Å². The van der Waals surface area contributed by atoms with Gasteiger partial charge in [-0.15, -0.1) is 0 Å². The number of halogens is 2. The molecule has 1 aromatic heterocycles. The van der Waals surface area contributed by atoms with Gasteiger partial charge in [0.2, 0.25) is 5.91 Å². The molecule has 0 spiro atoms. The first-order chi connectivity index (χ1) is 10.6. The number of carbonyl (C=O) groups is 1. The third kappa shape index (κ3) is 4.13. The maximum atomic E-state index is 13.6. The summed E-state index contributed by atoms with van der Waals surface area (Å²) in [5.41, 5.74) is -0.242. The molecule has 6 heteroatoms. The van der Waals surface area contributed by atoms with Gasteiger partial charge in [-0.05, 0) is 18.6 Å². The lowest BCUT2D eigenvalue weighted by atomic mass is 10.1. The Bertz CT molecular complexity index is 621. The fraction of sp³-hybridized carbons (Fsp3) is 0.375. The summed E-state index contributed by atoms with van der Waals surface area (Å²) >= 11 is 0. The normalized spacial score (nSPS) is 10.7. The fourth-order valence-electron chi connectivity index (χ4n) is 1.99. The van der Waals surface area contributed by atoms with Crippen molar-refractivity contribution < 1.29 is 18.0 Å². The van der Waals surface area contributed by atoms with Crippen LogP contribution in [0, 0.1) is 11.6 Å². The van der Waals surface area contributed by atoms with E-state index in [2.05, 4.69) is 10.3 Å². The Kier molecular flexibility index (Phi) is 5.63. The standard InChI is InChI=1S/C16H18F2N2O2/c1-2-3-9-19-14(21)7-8-15-20-10-13(22-15)16-11(17)5-4-6-12(16)18/h4-6,10H,2-3,7-9H2,1H3,(H,19,21). The van der Waals surface area contributed by atoms with Crippen LogP contribution in [0.1, 0.15) is 32.1 Å². The molecule has 0 aliphatic heterocycles. The van der Waals surface area contributed by atoms with E-state index in [0.717, 1.165) is 25.0 Å². The molecule has 2 aromatic rings. The molecule has 0 radical (unpaired) electrons. The quantitative estimate of drug-likeness (QED) is 0.797. The molecule has 1 heterocycles. The van der Waals surface area contributed by atoms with Crippen molar-refractivity contribution in [2.75, 3.05) is 6.54 Å². The van der Waals surface area contributed by atoms with Crippen molar-refractivity contribution in [2.45, 2.75) is 32.6 Å². The average molecular weight is 308 g/mol. The molecule has 2 rings (SSSR count). The molecule has 4 nitrogen and oxygen atoms in total. The lowest BCUT2D eigenvalue weighted by Gasteiger charge is -2.02. The Balaban J connectivity index is 1.96. The van der Waals surface area contributed by atoms with E-state index in [-0.39, 0.29) is 36.0 Å². The third-order valence-electron chi connectivity index (χ3n) is 3.18. The molecule has 0 saturated carbocycles. The van der Waals surface area contributed by atoms with Crippen molar-refractivity contribution in [2.24, 2.45) is 0 Å². The van der Waals surface area contributed by atoms with Crippen LogP contribution in [0.3, 0.4) is 0 Å². The summed E-state index contributed by atoms with van der Waals surface area (Å²) in [6.07, 6.45) is 3.72. The molecular formula is C16H18F2N2O2. The summed E-state index contributed by atoms with van der Waals surface area (Å²) in [6.45, 7) is 2.69. The Morgan fingerprint density at radius 1 is 1.32 bits per heavy atom. The fourth-order valence-corrected chi connectivity index (χ4v) is 1.99. The number of hydrogen-bond acceptors (Lipinski definition) is 3. The van der Waals surface area contributed by atoms with Gasteiger partial charge in [0.15, 0.2) is 11.7 Å². The molecule has 0 bridgehead atoms. The highest BCUT2D eigenvalue weighted by atomic mass is 19.1. The Morgan fingerprint density at radius 3 is 2.73 bits per heavy atom. The van der Waals surface area contributed by atoms with Crippen molar-refractivity contribution in [1.29, 1.82) is 0 Å². The minimum Gasteiger partial charge on any atom is -0.441 e. The molecule has 0 fully saturated rings. The highest BCUT2D eigenvalue weighted by Gasteiger charge is 2.16. The van der Waals surface area contributed by atoms with Gasteiger partial charge in [0, 0.05) is 19.4 Å². The summed E-state index contributed by atoms with van der Waals surface area (Å²) in [5, 5.41) is 2.78. The number of benzene rings is 1. The van der Waals surface area contributed by atoms with Crippen LogP contribution >= 0.6 is 0 Å². The second-order valence-electron chi connectivity index (χ2n) is 4.92. The molecule has 118 valence electrons. The van der Waals surface area contributed by atoms with Crippen LogP contribution in [0.25, 0.3) is 11.3 Å². The highest BCUT2D eigenvalue weighted by molar-refractivity contribution is 5.76. The van der Waals surface area contributed by atoms with Gasteiger partial charge in [0.05, 0.1) is 11.8 Å². The van der Waals surface area contributed by atoms with E-state index >= 15 is 0 Å². The van der Waals surface area contributed by atoms with Gasteiger partial charge in [-0.2, -0.15) is 0 Å². The summed E-state index contributed by atoms with van der Waals surface area (Å²) in [5.74, 6) is -1.20. The van der Waals surface area contributed by atoms with Crippen LogP contribution in [0.15, 0.2) is 28.8 Å². The van der Waals surface area contributed by atoms with Gasteiger partial charge >= 0.3 is 0 Å². The predicted octanol–water partition coefficient (Wildman–Crippen LogP) is 3.47. The molecule has 0 saturated heterocycles. The van der Waals surface area contributed by atoms with E-state index in [0.29, 0.717) is 6.54 Å². The molecule has 1 aromatic carbocycles. The molecule has 0 atom stereocenters. The minimum absolute atomic E-state index is 0.0250.